The number of amides is 2. The maximum absolute atomic E-state index is 12.1. The topological polar surface area (TPSA) is 82.6 Å². The lowest BCUT2D eigenvalue weighted by Crippen LogP contribution is -2.43. The molecule has 2 rings (SSSR count). The summed E-state index contributed by atoms with van der Waals surface area (Å²) in [6.07, 6.45) is 2.20. The van der Waals surface area contributed by atoms with Crippen molar-refractivity contribution in [1.82, 2.24) is 15.2 Å². The van der Waals surface area contributed by atoms with Crippen LogP contribution in [0.3, 0.4) is 0 Å². The number of anilines is 1. The van der Waals surface area contributed by atoms with Crippen molar-refractivity contribution in [1.29, 1.82) is 0 Å². The normalized spacial score (nSPS) is 19.7. The van der Waals surface area contributed by atoms with Crippen molar-refractivity contribution >= 4 is 21.7 Å². The summed E-state index contributed by atoms with van der Waals surface area (Å²) in [6.45, 7) is 0.381. The third-order valence-electron chi connectivity index (χ3n) is 3.79. The van der Waals surface area contributed by atoms with Crippen molar-refractivity contribution in [3.05, 3.63) is 23.9 Å². The van der Waals surface area contributed by atoms with Gasteiger partial charge in [-0.15, -0.1) is 0 Å². The van der Waals surface area contributed by atoms with Crippen LogP contribution in [0.4, 0.5) is 10.6 Å². The van der Waals surface area contributed by atoms with Crippen molar-refractivity contribution in [3.63, 3.8) is 0 Å². The van der Waals surface area contributed by atoms with Gasteiger partial charge in [-0.3, -0.25) is 0 Å². The Morgan fingerprint density at radius 2 is 2.14 bits per heavy atom. The predicted octanol–water partition coefficient (Wildman–Crippen LogP) is 0.476. The molecule has 1 N–H and O–H groups in total. The Kier molecular flexibility index (Phi) is 4.90. The molecule has 1 fully saturated rings. The second-order valence-electron chi connectivity index (χ2n) is 5.74. The van der Waals surface area contributed by atoms with Crippen LogP contribution in [-0.2, 0) is 16.4 Å². The van der Waals surface area contributed by atoms with Gasteiger partial charge < -0.3 is 15.1 Å². The summed E-state index contributed by atoms with van der Waals surface area (Å²) in [5.41, 5.74) is 0.944. The van der Waals surface area contributed by atoms with E-state index in [0.29, 0.717) is 13.0 Å². The summed E-state index contributed by atoms with van der Waals surface area (Å²) < 4.78 is 23.0. The number of aromatic nitrogens is 1. The minimum Gasteiger partial charge on any atom is -0.363 e. The van der Waals surface area contributed by atoms with Gasteiger partial charge in [-0.05, 0) is 24.1 Å². The molecular weight excluding hydrogens is 304 g/mol. The molecule has 1 atom stereocenters. The van der Waals surface area contributed by atoms with E-state index in [1.807, 2.05) is 31.1 Å². The Labute approximate surface area is 131 Å². The number of carbonyl (C=O) groups excluding carboxylic acids is 1. The van der Waals surface area contributed by atoms with Gasteiger partial charge in [0.05, 0.1) is 11.5 Å². The Balaban J connectivity index is 1.91. The molecule has 1 aliphatic heterocycles. The molecule has 1 saturated heterocycles. The van der Waals surface area contributed by atoms with Crippen LogP contribution in [0.25, 0.3) is 0 Å². The Morgan fingerprint density at radius 3 is 2.73 bits per heavy atom. The maximum Gasteiger partial charge on any atom is 0.317 e. The van der Waals surface area contributed by atoms with E-state index in [4.69, 9.17) is 0 Å². The monoisotopic (exact) mass is 326 g/mol. The van der Waals surface area contributed by atoms with E-state index in [1.54, 1.807) is 13.2 Å². The van der Waals surface area contributed by atoms with E-state index in [-0.39, 0.29) is 23.6 Å². The van der Waals surface area contributed by atoms with E-state index in [0.717, 1.165) is 11.4 Å². The first-order chi connectivity index (χ1) is 10.3. The molecule has 1 aromatic rings. The van der Waals surface area contributed by atoms with Gasteiger partial charge in [0.15, 0.2) is 9.84 Å². The van der Waals surface area contributed by atoms with E-state index in [9.17, 15) is 13.2 Å². The first-order valence-corrected chi connectivity index (χ1v) is 8.94. The molecule has 1 aliphatic rings. The fourth-order valence-corrected chi connectivity index (χ4v) is 4.14. The van der Waals surface area contributed by atoms with Gasteiger partial charge in [0, 0.05) is 39.9 Å². The largest absolute Gasteiger partial charge is 0.363 e. The van der Waals surface area contributed by atoms with E-state index in [2.05, 4.69) is 10.3 Å². The Bertz CT molecular complexity index is 645. The molecule has 2 heterocycles. The van der Waals surface area contributed by atoms with Crippen LogP contribution in [0.15, 0.2) is 18.3 Å². The van der Waals surface area contributed by atoms with Crippen molar-refractivity contribution in [2.75, 3.05) is 37.5 Å². The van der Waals surface area contributed by atoms with Gasteiger partial charge in [-0.25, -0.2) is 18.2 Å². The molecule has 1 aromatic heterocycles. The lowest BCUT2D eigenvalue weighted by molar-refractivity contribution is 0.194. The molecule has 7 nitrogen and oxygen atoms in total. The highest BCUT2D eigenvalue weighted by Crippen LogP contribution is 2.16. The van der Waals surface area contributed by atoms with Crippen LogP contribution in [0, 0.1) is 0 Å². The summed E-state index contributed by atoms with van der Waals surface area (Å²) in [5, 5.41) is 2.81. The van der Waals surface area contributed by atoms with Gasteiger partial charge in [0.25, 0.3) is 0 Å². The number of pyridine rings is 1. The van der Waals surface area contributed by atoms with Crippen LogP contribution < -0.4 is 10.2 Å². The number of rotatable bonds is 4. The zero-order chi connectivity index (χ0) is 16.3. The maximum atomic E-state index is 12.1. The third-order valence-corrected chi connectivity index (χ3v) is 5.54. The van der Waals surface area contributed by atoms with Gasteiger partial charge in [-0.1, -0.05) is 0 Å². The zero-order valence-corrected chi connectivity index (χ0v) is 13.9. The second-order valence-corrected chi connectivity index (χ2v) is 7.97. The average molecular weight is 326 g/mol. The molecule has 0 bridgehead atoms. The average Bonchev–Trinajstić information content (AvgIpc) is 2.84. The summed E-state index contributed by atoms with van der Waals surface area (Å²) in [6, 6.07) is 3.25. The zero-order valence-electron chi connectivity index (χ0n) is 13.1. The number of nitrogens with zero attached hydrogens (tertiary/aromatic N) is 3. The van der Waals surface area contributed by atoms with E-state index in [1.165, 1.54) is 4.90 Å². The van der Waals surface area contributed by atoms with Crippen LogP contribution in [0.2, 0.25) is 0 Å². The summed E-state index contributed by atoms with van der Waals surface area (Å²) in [4.78, 5) is 19.7. The summed E-state index contributed by atoms with van der Waals surface area (Å²) in [5.74, 6) is 1.03. The predicted molar refractivity (Wildman–Crippen MR) is 85.6 cm³/mol. The van der Waals surface area contributed by atoms with Crippen LogP contribution >= 0.6 is 0 Å². The van der Waals surface area contributed by atoms with Gasteiger partial charge >= 0.3 is 6.03 Å². The van der Waals surface area contributed by atoms with Crippen molar-refractivity contribution in [3.8, 4) is 0 Å². The summed E-state index contributed by atoms with van der Waals surface area (Å²) in [7, 11) is 2.45. The highest BCUT2D eigenvalue weighted by atomic mass is 32.2. The smallest absolute Gasteiger partial charge is 0.317 e. The van der Waals surface area contributed by atoms with Crippen LogP contribution in [-0.4, -0.2) is 63.0 Å². The fraction of sp³-hybridized carbons (Fsp3) is 0.571. The van der Waals surface area contributed by atoms with Crippen LogP contribution in [0.1, 0.15) is 12.0 Å². The SMILES string of the molecule is CN(C)c1cc(CNC(=O)N(C)[C@H]2CCS(=O)(=O)C2)ccn1. The molecule has 122 valence electrons. The number of urea groups is 1. The first kappa shape index (κ1) is 16.5. The molecule has 2 amide bonds. The highest BCUT2D eigenvalue weighted by molar-refractivity contribution is 7.91. The fourth-order valence-electron chi connectivity index (χ4n) is 2.36. The minimum atomic E-state index is -2.99. The summed E-state index contributed by atoms with van der Waals surface area (Å²) >= 11 is 0. The van der Waals surface area contributed by atoms with Crippen molar-refractivity contribution in [2.45, 2.75) is 19.0 Å². The number of hydrogen-bond donors (Lipinski definition) is 1. The highest BCUT2D eigenvalue weighted by Gasteiger charge is 2.32. The first-order valence-electron chi connectivity index (χ1n) is 7.12. The number of hydrogen-bond acceptors (Lipinski definition) is 5. The van der Waals surface area contributed by atoms with Crippen molar-refractivity contribution < 1.29 is 13.2 Å². The number of nitrogens with one attached hydrogen (secondary N) is 1. The second kappa shape index (κ2) is 6.51. The minimum absolute atomic E-state index is 0.0525. The number of carbonyl (C=O) groups is 1. The van der Waals surface area contributed by atoms with E-state index >= 15 is 0 Å². The number of sulfone groups is 1. The molecule has 8 heteroatoms. The molecule has 0 unspecified atom stereocenters. The molecule has 0 spiro atoms. The lowest BCUT2D eigenvalue weighted by atomic mass is 10.2. The van der Waals surface area contributed by atoms with Gasteiger partial charge in [0.1, 0.15) is 5.82 Å². The van der Waals surface area contributed by atoms with Crippen LogP contribution in [0.5, 0.6) is 0 Å². The van der Waals surface area contributed by atoms with E-state index < -0.39 is 9.84 Å². The Morgan fingerprint density at radius 1 is 1.41 bits per heavy atom. The molecule has 22 heavy (non-hydrogen) atoms. The quantitative estimate of drug-likeness (QED) is 0.870. The molecule has 0 saturated carbocycles. The molecule has 0 aromatic carbocycles. The van der Waals surface area contributed by atoms with Crippen molar-refractivity contribution in [2.24, 2.45) is 0 Å². The van der Waals surface area contributed by atoms with Gasteiger partial charge in [0.2, 0.25) is 0 Å². The Hall–Kier alpha value is -1.83. The third kappa shape index (κ3) is 4.09. The molecule has 0 aliphatic carbocycles. The standard InChI is InChI=1S/C14H22N4O3S/c1-17(2)13-8-11(4-6-15-13)9-16-14(19)18(3)12-5-7-22(20,21)10-12/h4,6,8,12H,5,7,9-10H2,1-3H3,(H,16,19)/t12-/m0/s1. The lowest BCUT2D eigenvalue weighted by Gasteiger charge is -2.23. The molecular formula is C14H22N4O3S. The van der Waals surface area contributed by atoms with Gasteiger partial charge in [-0.2, -0.15) is 0 Å². The molecule has 0 radical (unpaired) electrons.